The van der Waals surface area contributed by atoms with Crippen molar-refractivity contribution in [1.29, 1.82) is 0 Å². The zero-order valence-electron chi connectivity index (χ0n) is 11.4. The molecular weight excluding hydrogens is 350 g/mol. The van der Waals surface area contributed by atoms with Crippen LogP contribution in [0.25, 0.3) is 0 Å². The number of halogens is 1. The predicted molar refractivity (Wildman–Crippen MR) is 89.2 cm³/mol. The van der Waals surface area contributed by atoms with Gasteiger partial charge in [0, 0.05) is 21.2 Å². The summed E-state index contributed by atoms with van der Waals surface area (Å²) in [4.78, 5) is 1.14. The van der Waals surface area contributed by atoms with Gasteiger partial charge in [-0.05, 0) is 35.9 Å². The quantitative estimate of drug-likeness (QED) is 0.831. The van der Waals surface area contributed by atoms with Crippen LogP contribution in [-0.4, -0.2) is 19.8 Å². The average Bonchev–Trinajstić information content (AvgIpc) is 2.53. The normalized spacial score (nSPS) is 14.8. The molecule has 5 heteroatoms. The number of benzene rings is 2. The lowest BCUT2D eigenvalue weighted by Gasteiger charge is -2.20. The van der Waals surface area contributed by atoms with E-state index in [1.165, 1.54) is 5.56 Å². The highest BCUT2D eigenvalue weighted by Gasteiger charge is 2.15. The number of thioether (sulfide) groups is 1. The summed E-state index contributed by atoms with van der Waals surface area (Å²) < 4.78 is 12.2. The zero-order valence-corrected chi connectivity index (χ0v) is 13.8. The van der Waals surface area contributed by atoms with Crippen LogP contribution in [-0.2, 0) is 0 Å². The molecule has 2 aromatic carbocycles. The van der Waals surface area contributed by atoms with Crippen molar-refractivity contribution in [3.63, 3.8) is 0 Å². The third-order valence-electron chi connectivity index (χ3n) is 3.25. The van der Waals surface area contributed by atoms with Gasteiger partial charge in [-0.3, -0.25) is 0 Å². The summed E-state index contributed by atoms with van der Waals surface area (Å²) in [5.74, 6) is 1.64. The Morgan fingerprint density at radius 3 is 2.48 bits per heavy atom. The molecule has 1 unspecified atom stereocenters. The van der Waals surface area contributed by atoms with Crippen molar-refractivity contribution in [1.82, 2.24) is 0 Å². The fourth-order valence-electron chi connectivity index (χ4n) is 2.19. The second-order valence-corrected chi connectivity index (χ2v) is 6.89. The number of fused-ring (bicyclic) bond motifs is 1. The highest BCUT2D eigenvalue weighted by atomic mass is 79.9. The van der Waals surface area contributed by atoms with Gasteiger partial charge in [0.25, 0.3) is 0 Å². The fourth-order valence-corrected chi connectivity index (χ4v) is 3.49. The molecule has 0 saturated carbocycles. The fraction of sp³-hybridized carbons (Fsp3) is 0.250. The van der Waals surface area contributed by atoms with Gasteiger partial charge in [-0.25, -0.2) is 0 Å². The highest BCUT2D eigenvalue weighted by Crippen LogP contribution is 2.39. The number of nitrogens with two attached hydrogens (primary N) is 1. The maximum Gasteiger partial charge on any atom is 0.162 e. The lowest BCUT2D eigenvalue weighted by atomic mass is 10.1. The largest absolute Gasteiger partial charge is 0.486 e. The van der Waals surface area contributed by atoms with Crippen molar-refractivity contribution in [2.24, 2.45) is 5.73 Å². The van der Waals surface area contributed by atoms with E-state index < -0.39 is 0 Å². The van der Waals surface area contributed by atoms with Crippen LogP contribution in [0.2, 0.25) is 0 Å². The smallest absolute Gasteiger partial charge is 0.162 e. The van der Waals surface area contributed by atoms with Crippen LogP contribution < -0.4 is 15.2 Å². The van der Waals surface area contributed by atoms with Gasteiger partial charge in [0.2, 0.25) is 0 Å². The van der Waals surface area contributed by atoms with Crippen molar-refractivity contribution >= 4 is 27.7 Å². The molecule has 0 aromatic heterocycles. The second-order valence-electron chi connectivity index (χ2n) is 4.70. The van der Waals surface area contributed by atoms with Crippen molar-refractivity contribution < 1.29 is 9.47 Å². The van der Waals surface area contributed by atoms with Crippen molar-refractivity contribution in [3.8, 4) is 11.5 Å². The highest BCUT2D eigenvalue weighted by molar-refractivity contribution is 9.10. The molecule has 2 N–H and O–H groups in total. The SMILES string of the molecule is NCC(Sc1ccc2c(c1)OCCO2)c1ccc(Br)cc1. The summed E-state index contributed by atoms with van der Waals surface area (Å²) in [6.07, 6.45) is 0. The van der Waals surface area contributed by atoms with E-state index in [0.717, 1.165) is 20.9 Å². The Hall–Kier alpha value is -1.17. The first-order valence-corrected chi connectivity index (χ1v) is 8.45. The van der Waals surface area contributed by atoms with Crippen LogP contribution >= 0.6 is 27.7 Å². The molecular formula is C16H16BrNO2S. The number of rotatable bonds is 4. The molecule has 110 valence electrons. The van der Waals surface area contributed by atoms with Crippen LogP contribution in [0.5, 0.6) is 11.5 Å². The Morgan fingerprint density at radius 1 is 1.05 bits per heavy atom. The Bertz CT molecular complexity index is 618. The molecule has 0 fully saturated rings. The maximum absolute atomic E-state index is 5.94. The molecule has 0 aliphatic carbocycles. The molecule has 0 amide bonds. The molecule has 0 radical (unpaired) electrons. The first-order valence-electron chi connectivity index (χ1n) is 6.78. The van der Waals surface area contributed by atoms with E-state index in [0.29, 0.717) is 19.8 Å². The minimum atomic E-state index is 0.223. The Morgan fingerprint density at radius 2 is 1.76 bits per heavy atom. The number of hydrogen-bond donors (Lipinski definition) is 1. The van der Waals surface area contributed by atoms with Gasteiger partial charge in [0.1, 0.15) is 13.2 Å². The maximum atomic E-state index is 5.94. The molecule has 0 spiro atoms. The molecule has 1 heterocycles. The van der Waals surface area contributed by atoms with E-state index in [2.05, 4.69) is 34.1 Å². The summed E-state index contributed by atoms with van der Waals surface area (Å²) in [6, 6.07) is 14.3. The average molecular weight is 366 g/mol. The third kappa shape index (κ3) is 3.54. The molecule has 2 aromatic rings. The van der Waals surface area contributed by atoms with Crippen LogP contribution in [0.15, 0.2) is 51.8 Å². The molecule has 1 aliphatic heterocycles. The molecule has 3 nitrogen and oxygen atoms in total. The summed E-state index contributed by atoms with van der Waals surface area (Å²) in [5.41, 5.74) is 7.16. The number of hydrogen-bond acceptors (Lipinski definition) is 4. The monoisotopic (exact) mass is 365 g/mol. The molecule has 0 bridgehead atoms. The van der Waals surface area contributed by atoms with Gasteiger partial charge in [-0.15, -0.1) is 11.8 Å². The van der Waals surface area contributed by atoms with E-state index in [1.807, 2.05) is 24.3 Å². The number of ether oxygens (including phenoxy) is 2. The summed E-state index contributed by atoms with van der Waals surface area (Å²) >= 11 is 5.20. The van der Waals surface area contributed by atoms with Gasteiger partial charge in [-0.1, -0.05) is 28.1 Å². The van der Waals surface area contributed by atoms with Crippen molar-refractivity contribution in [3.05, 3.63) is 52.5 Å². The Kier molecular flexibility index (Phi) is 4.73. The summed E-state index contributed by atoms with van der Waals surface area (Å²) in [6.45, 7) is 1.80. The molecule has 1 atom stereocenters. The minimum absolute atomic E-state index is 0.223. The zero-order chi connectivity index (χ0) is 14.7. The van der Waals surface area contributed by atoms with Crippen molar-refractivity contribution in [2.75, 3.05) is 19.8 Å². The molecule has 3 rings (SSSR count). The van der Waals surface area contributed by atoms with Crippen LogP contribution in [0.3, 0.4) is 0 Å². The molecule has 1 aliphatic rings. The van der Waals surface area contributed by atoms with Gasteiger partial charge in [0.15, 0.2) is 11.5 Å². The lowest BCUT2D eigenvalue weighted by Crippen LogP contribution is -2.15. The van der Waals surface area contributed by atoms with E-state index in [-0.39, 0.29) is 5.25 Å². The van der Waals surface area contributed by atoms with E-state index in [1.54, 1.807) is 11.8 Å². The topological polar surface area (TPSA) is 44.5 Å². The Labute approximate surface area is 137 Å². The van der Waals surface area contributed by atoms with Gasteiger partial charge in [-0.2, -0.15) is 0 Å². The van der Waals surface area contributed by atoms with Gasteiger partial charge >= 0.3 is 0 Å². The third-order valence-corrected chi connectivity index (χ3v) is 5.05. The standard InChI is InChI=1S/C16H16BrNO2S/c17-12-3-1-11(2-4-12)16(10-18)21-13-5-6-14-15(9-13)20-8-7-19-14/h1-6,9,16H,7-8,10,18H2. The van der Waals surface area contributed by atoms with Crippen LogP contribution in [0.4, 0.5) is 0 Å². The van der Waals surface area contributed by atoms with Crippen LogP contribution in [0.1, 0.15) is 10.8 Å². The van der Waals surface area contributed by atoms with Crippen molar-refractivity contribution in [2.45, 2.75) is 10.1 Å². The molecule has 21 heavy (non-hydrogen) atoms. The van der Waals surface area contributed by atoms with E-state index in [9.17, 15) is 0 Å². The summed E-state index contributed by atoms with van der Waals surface area (Å²) in [5, 5.41) is 0.223. The Balaban J connectivity index is 1.79. The van der Waals surface area contributed by atoms with Gasteiger partial charge < -0.3 is 15.2 Å². The van der Waals surface area contributed by atoms with E-state index in [4.69, 9.17) is 15.2 Å². The van der Waals surface area contributed by atoms with E-state index >= 15 is 0 Å². The second kappa shape index (κ2) is 6.73. The van der Waals surface area contributed by atoms with Crippen LogP contribution in [0, 0.1) is 0 Å². The first kappa shape index (κ1) is 14.8. The van der Waals surface area contributed by atoms with Gasteiger partial charge in [0.05, 0.1) is 0 Å². The lowest BCUT2D eigenvalue weighted by molar-refractivity contribution is 0.171. The first-order chi connectivity index (χ1) is 10.3. The predicted octanol–water partition coefficient (Wildman–Crippen LogP) is 4.01. The molecule has 0 saturated heterocycles. The minimum Gasteiger partial charge on any atom is -0.486 e. The summed E-state index contributed by atoms with van der Waals surface area (Å²) in [7, 11) is 0.